The molecule has 39 heavy (non-hydrogen) atoms. The van der Waals surface area contributed by atoms with Gasteiger partial charge in [-0.05, 0) is 20.8 Å². The lowest BCUT2D eigenvalue weighted by atomic mass is 10.1. The second kappa shape index (κ2) is 11.5. The molecule has 0 saturated carbocycles. The molecule has 4 N–H and O–H groups in total. The molecule has 0 radical (unpaired) electrons. The van der Waals surface area contributed by atoms with Gasteiger partial charge in [0, 0.05) is 34.0 Å². The second-order valence-corrected chi connectivity index (χ2v) is 11.2. The van der Waals surface area contributed by atoms with Gasteiger partial charge in [-0.2, -0.15) is 4.98 Å². The Morgan fingerprint density at radius 1 is 1.36 bits per heavy atom. The van der Waals surface area contributed by atoms with Crippen molar-refractivity contribution in [1.29, 1.82) is 0 Å². The number of carboxylic acids is 1. The van der Waals surface area contributed by atoms with Crippen LogP contribution in [-0.4, -0.2) is 78.2 Å². The molecule has 0 aliphatic carbocycles. The lowest BCUT2D eigenvalue weighted by Gasteiger charge is -2.47. The largest absolute Gasteiger partial charge is 0.478 e. The van der Waals surface area contributed by atoms with Gasteiger partial charge in [-0.1, -0.05) is 5.16 Å². The first kappa shape index (κ1) is 28.1. The zero-order valence-corrected chi connectivity index (χ0v) is 22.9. The third-order valence-corrected chi connectivity index (χ3v) is 7.77. The standard InChI is InChI=1S/C23H25N7O7S2/c1-4-36-22(35)23(2,3)37-27-15(17-25-12-39(24)28-17)18(31)26-16-19(32)30-10-13(11-38-20(16)30)9-29-7-5-14(6-8-29)21(33)34/h5-8,10,12,16,20,24H,4,9,11H2,1-3H3,(H-,26,31,33,34)/p+2/t16?,20-,39?/m1/s1. The van der Waals surface area contributed by atoms with Gasteiger partial charge in [-0.3, -0.25) is 9.59 Å². The van der Waals surface area contributed by atoms with Crippen LogP contribution in [0.3, 0.4) is 0 Å². The first-order valence-corrected chi connectivity index (χ1v) is 14.1. The number of esters is 1. The fourth-order valence-corrected chi connectivity index (χ4v) is 5.48. The molecule has 206 valence electrons. The number of nitrogens with zero attached hydrogens (tertiary/aromatic N) is 5. The number of ether oxygens (including phenoxy) is 1. The Morgan fingerprint density at radius 2 is 2.08 bits per heavy atom. The molecule has 0 spiro atoms. The van der Waals surface area contributed by atoms with E-state index in [4.69, 9.17) is 19.8 Å². The highest BCUT2D eigenvalue weighted by Gasteiger charge is 2.50. The maximum atomic E-state index is 13.2. The van der Waals surface area contributed by atoms with Crippen LogP contribution < -0.4 is 15.0 Å². The van der Waals surface area contributed by atoms with Crippen molar-refractivity contribution in [3.05, 3.63) is 53.2 Å². The van der Waals surface area contributed by atoms with Gasteiger partial charge in [-0.25, -0.2) is 14.2 Å². The van der Waals surface area contributed by atoms with E-state index in [9.17, 15) is 19.2 Å². The van der Waals surface area contributed by atoms with Gasteiger partial charge in [0.25, 0.3) is 17.3 Å². The Morgan fingerprint density at radius 3 is 2.69 bits per heavy atom. The van der Waals surface area contributed by atoms with E-state index in [0.717, 1.165) is 5.57 Å². The summed E-state index contributed by atoms with van der Waals surface area (Å²) in [6.45, 7) is 5.14. The number of carbonyl (C=O) groups excluding carboxylic acids is 3. The highest BCUT2D eigenvalue weighted by Crippen LogP contribution is 2.36. The van der Waals surface area contributed by atoms with E-state index in [-0.39, 0.29) is 35.0 Å². The minimum atomic E-state index is -1.50. The van der Waals surface area contributed by atoms with E-state index < -0.39 is 40.3 Å². The van der Waals surface area contributed by atoms with Crippen LogP contribution in [0.1, 0.15) is 37.0 Å². The van der Waals surface area contributed by atoms with Crippen LogP contribution in [0.2, 0.25) is 0 Å². The second-order valence-electron chi connectivity index (χ2n) is 9.01. The molecule has 1 fully saturated rings. The zero-order valence-electron chi connectivity index (χ0n) is 21.3. The molecular formula is C23H27N7O7S2+2. The number of nitrogen functional groups attached to an aromatic ring is 1. The summed E-state index contributed by atoms with van der Waals surface area (Å²) in [5.41, 5.74) is 0.660. The first-order valence-electron chi connectivity index (χ1n) is 11.7. The van der Waals surface area contributed by atoms with Gasteiger partial charge in [0.15, 0.2) is 18.9 Å². The van der Waals surface area contributed by atoms with Crippen LogP contribution in [0.4, 0.5) is 0 Å². The molecule has 4 heterocycles. The number of nitrogens with two attached hydrogens (primary N) is 1. The summed E-state index contributed by atoms with van der Waals surface area (Å²) < 4.78 is 10.9. The third kappa shape index (κ3) is 6.23. The van der Waals surface area contributed by atoms with E-state index in [1.807, 2.05) is 4.57 Å². The Balaban J connectivity index is 1.44. The van der Waals surface area contributed by atoms with Crippen molar-refractivity contribution in [1.82, 2.24) is 19.6 Å². The molecular weight excluding hydrogens is 550 g/mol. The van der Waals surface area contributed by atoms with Crippen molar-refractivity contribution in [3.63, 3.8) is 0 Å². The molecule has 14 nitrogen and oxygen atoms in total. The minimum absolute atomic E-state index is 0.0777. The number of aromatic nitrogens is 3. The molecule has 1 saturated heterocycles. The number of hydrogen-bond donors (Lipinski definition) is 3. The average molecular weight is 578 g/mol. The maximum absolute atomic E-state index is 13.2. The number of hydrogen-bond acceptors (Lipinski definition) is 11. The van der Waals surface area contributed by atoms with E-state index >= 15 is 0 Å². The summed E-state index contributed by atoms with van der Waals surface area (Å²) in [6, 6.07) is 2.18. The summed E-state index contributed by atoms with van der Waals surface area (Å²) in [6.07, 6.45) is 5.07. The fraction of sp³-hybridized carbons (Fsp3) is 0.391. The molecule has 16 heteroatoms. The van der Waals surface area contributed by atoms with Crippen LogP contribution in [0.5, 0.6) is 0 Å². The molecule has 2 amide bonds. The summed E-state index contributed by atoms with van der Waals surface area (Å²) in [5, 5.41) is 21.0. The van der Waals surface area contributed by atoms with Crippen LogP contribution in [0.15, 0.2) is 47.0 Å². The average Bonchev–Trinajstić information content (AvgIpc) is 3.33. The minimum Gasteiger partial charge on any atom is -0.478 e. The molecule has 4 rings (SSSR count). The summed E-state index contributed by atoms with van der Waals surface area (Å²) >= 11 is 1.48. The zero-order chi connectivity index (χ0) is 28.3. The van der Waals surface area contributed by atoms with Crippen molar-refractivity contribution in [3.8, 4) is 0 Å². The smallest absolute Gasteiger partial charge is 0.352 e. The van der Waals surface area contributed by atoms with Crippen LogP contribution in [0.25, 0.3) is 0 Å². The van der Waals surface area contributed by atoms with Crippen molar-refractivity contribution in [2.75, 3.05) is 17.5 Å². The number of β-lactam (4-membered cyclic amide) rings is 1. The number of carboxylic acid groups (broad SMARTS) is 1. The molecule has 3 atom stereocenters. The quantitative estimate of drug-likeness (QED) is 0.0858. The molecule has 2 aliphatic rings. The number of thioether (sulfide) groups is 1. The van der Waals surface area contributed by atoms with E-state index in [2.05, 4.69) is 19.8 Å². The Bertz CT molecular complexity index is 1360. The number of pyridine rings is 1. The first-order chi connectivity index (χ1) is 18.5. The number of oxime groups is 1. The molecule has 2 aromatic heterocycles. The van der Waals surface area contributed by atoms with Gasteiger partial charge < -0.3 is 24.9 Å². The van der Waals surface area contributed by atoms with Crippen molar-refractivity contribution >= 4 is 52.1 Å². The van der Waals surface area contributed by atoms with Crippen LogP contribution >= 0.6 is 22.6 Å². The third-order valence-electron chi connectivity index (χ3n) is 5.69. The molecule has 0 aromatic carbocycles. The Labute approximate surface area is 230 Å². The number of fused-ring (bicyclic) bond motifs is 1. The number of carbonyl (C=O) groups is 4. The van der Waals surface area contributed by atoms with E-state index in [0.29, 0.717) is 12.3 Å². The lowest BCUT2D eigenvalue weighted by molar-refractivity contribution is -0.689. The lowest BCUT2D eigenvalue weighted by Crippen LogP contribution is -2.69. The maximum Gasteiger partial charge on any atom is 0.352 e. The molecule has 2 unspecified atom stereocenters. The van der Waals surface area contributed by atoms with Gasteiger partial charge in [0.1, 0.15) is 11.4 Å². The van der Waals surface area contributed by atoms with Gasteiger partial charge >= 0.3 is 11.9 Å². The number of rotatable bonds is 10. The SMILES string of the molecule is CCOC(=O)C(C)(C)ON=C(C(=O)NC1C(=O)N2C=C(C[n+]3ccc(C(=O)O)cc3)CS[C@H]12)c1nc[s+](N)n1. The number of aromatic carboxylic acids is 1. The fourth-order valence-electron chi connectivity index (χ4n) is 3.64. The van der Waals surface area contributed by atoms with Crippen molar-refractivity contribution in [2.45, 2.75) is 44.3 Å². The molecule has 0 bridgehead atoms. The highest BCUT2D eigenvalue weighted by atomic mass is 32.2. The predicted molar refractivity (Wildman–Crippen MR) is 140 cm³/mol. The van der Waals surface area contributed by atoms with E-state index in [1.165, 1.54) is 43.3 Å². The van der Waals surface area contributed by atoms with Crippen molar-refractivity contribution in [2.24, 2.45) is 5.16 Å². The summed E-state index contributed by atoms with van der Waals surface area (Å²) in [7, 11) is -1.05. The summed E-state index contributed by atoms with van der Waals surface area (Å²) in [5.74, 6) is -2.23. The van der Waals surface area contributed by atoms with Gasteiger partial charge in [0.05, 0.1) is 12.2 Å². The van der Waals surface area contributed by atoms with Gasteiger partial charge in [0.2, 0.25) is 28.0 Å². The number of amides is 2. The highest BCUT2D eigenvalue weighted by molar-refractivity contribution is 8.00. The van der Waals surface area contributed by atoms with Crippen LogP contribution in [0, 0.1) is 0 Å². The Hall–Kier alpha value is -3.89. The number of nitrogens with one attached hydrogen (secondary N) is 1. The van der Waals surface area contributed by atoms with Crippen molar-refractivity contribution < 1.29 is 38.4 Å². The van der Waals surface area contributed by atoms with Crippen LogP contribution in [-0.2, 0) is 30.5 Å². The monoisotopic (exact) mass is 577 g/mol. The molecule has 2 aromatic rings. The summed E-state index contributed by atoms with van der Waals surface area (Å²) in [4.78, 5) is 60.2. The molecule has 2 aliphatic heterocycles. The predicted octanol–water partition coefficient (Wildman–Crippen LogP) is -0.0284. The Kier molecular flexibility index (Phi) is 8.27. The topological polar surface area (TPSA) is 190 Å². The van der Waals surface area contributed by atoms with E-state index in [1.54, 1.807) is 30.4 Å². The van der Waals surface area contributed by atoms with Gasteiger partial charge in [-0.15, -0.1) is 16.9 Å². The normalized spacial score (nSPS) is 19.4.